The van der Waals surface area contributed by atoms with E-state index >= 15 is 0 Å². The number of nitrogens with one attached hydrogen (secondary N) is 1. The van der Waals surface area contributed by atoms with Gasteiger partial charge in [0.15, 0.2) is 11.0 Å². The van der Waals surface area contributed by atoms with Crippen molar-refractivity contribution in [1.29, 1.82) is 0 Å². The second-order valence-corrected chi connectivity index (χ2v) is 7.67. The minimum atomic E-state index is -0.103. The molecule has 2 aromatic carbocycles. The lowest BCUT2D eigenvalue weighted by molar-refractivity contribution is -0.113. The fourth-order valence-corrected chi connectivity index (χ4v) is 3.80. The first-order chi connectivity index (χ1) is 15.2. The summed E-state index contributed by atoms with van der Waals surface area (Å²) in [6, 6.07) is 19.1. The molecule has 0 radical (unpaired) electrons. The van der Waals surface area contributed by atoms with Crippen molar-refractivity contribution in [2.24, 2.45) is 0 Å². The Morgan fingerprint density at radius 1 is 1.03 bits per heavy atom. The topological polar surface area (TPSA) is 81.9 Å². The van der Waals surface area contributed by atoms with E-state index in [0.29, 0.717) is 11.0 Å². The number of aromatic nitrogens is 4. The number of hydrogen-bond donors (Lipinski definition) is 1. The maximum Gasteiger partial charge on any atom is 0.234 e. The number of nitrogens with zero attached hydrogens (tertiary/aromatic N) is 4. The second kappa shape index (κ2) is 9.44. The largest absolute Gasteiger partial charge is 0.497 e. The summed E-state index contributed by atoms with van der Waals surface area (Å²) < 4.78 is 7.20. The van der Waals surface area contributed by atoms with Crippen molar-refractivity contribution in [3.05, 3.63) is 78.6 Å². The molecule has 2 heterocycles. The van der Waals surface area contributed by atoms with Crippen LogP contribution in [0.2, 0.25) is 0 Å². The molecule has 4 aromatic rings. The number of hydrogen-bond acceptors (Lipinski definition) is 6. The van der Waals surface area contributed by atoms with Crippen LogP contribution in [-0.2, 0) is 4.79 Å². The van der Waals surface area contributed by atoms with Gasteiger partial charge in [0.05, 0.1) is 12.9 Å². The van der Waals surface area contributed by atoms with Gasteiger partial charge in [0.25, 0.3) is 0 Å². The van der Waals surface area contributed by atoms with Gasteiger partial charge in [0.2, 0.25) is 5.91 Å². The monoisotopic (exact) mass is 431 g/mol. The number of aryl methyl sites for hydroxylation is 1. The van der Waals surface area contributed by atoms with Gasteiger partial charge >= 0.3 is 0 Å². The Morgan fingerprint density at radius 2 is 1.77 bits per heavy atom. The Bertz CT molecular complexity index is 1180. The number of para-hydroxylation sites is 1. The third-order valence-electron chi connectivity index (χ3n) is 4.65. The van der Waals surface area contributed by atoms with Crippen LogP contribution in [0.5, 0.6) is 5.75 Å². The van der Waals surface area contributed by atoms with E-state index in [1.165, 1.54) is 11.8 Å². The van der Waals surface area contributed by atoms with E-state index in [1.54, 1.807) is 19.5 Å². The minimum Gasteiger partial charge on any atom is -0.497 e. The highest BCUT2D eigenvalue weighted by atomic mass is 32.2. The summed E-state index contributed by atoms with van der Waals surface area (Å²) in [5.74, 6) is 1.54. The average molecular weight is 432 g/mol. The molecule has 0 saturated heterocycles. The van der Waals surface area contributed by atoms with Gasteiger partial charge in [-0.15, -0.1) is 10.2 Å². The molecule has 0 spiro atoms. The summed E-state index contributed by atoms with van der Waals surface area (Å²) in [5.41, 5.74) is 3.58. The van der Waals surface area contributed by atoms with E-state index in [2.05, 4.69) is 20.5 Å². The van der Waals surface area contributed by atoms with Gasteiger partial charge in [-0.25, -0.2) is 0 Å². The minimum absolute atomic E-state index is 0.103. The highest BCUT2D eigenvalue weighted by Crippen LogP contribution is 2.28. The van der Waals surface area contributed by atoms with Crippen LogP contribution in [-0.4, -0.2) is 38.5 Å². The number of carbonyl (C=O) groups is 1. The quantitative estimate of drug-likeness (QED) is 0.438. The Balaban J connectivity index is 1.60. The number of thioether (sulfide) groups is 1. The molecule has 0 unspecified atom stereocenters. The predicted octanol–water partition coefficient (Wildman–Crippen LogP) is 4.38. The highest BCUT2D eigenvalue weighted by Gasteiger charge is 2.17. The third-order valence-corrected chi connectivity index (χ3v) is 5.58. The molecule has 0 aliphatic rings. The molecule has 7 nitrogen and oxygen atoms in total. The van der Waals surface area contributed by atoms with Crippen LogP contribution >= 0.6 is 11.8 Å². The normalized spacial score (nSPS) is 10.6. The highest BCUT2D eigenvalue weighted by molar-refractivity contribution is 7.99. The van der Waals surface area contributed by atoms with Crippen molar-refractivity contribution in [3.8, 4) is 22.8 Å². The van der Waals surface area contributed by atoms with Crippen LogP contribution in [0.15, 0.2) is 78.2 Å². The van der Waals surface area contributed by atoms with E-state index in [4.69, 9.17) is 4.74 Å². The Hall–Kier alpha value is -3.65. The van der Waals surface area contributed by atoms with Crippen molar-refractivity contribution >= 4 is 23.4 Å². The van der Waals surface area contributed by atoms with Gasteiger partial charge in [-0.05, 0) is 55.0 Å². The van der Waals surface area contributed by atoms with E-state index in [1.807, 2.05) is 72.2 Å². The van der Waals surface area contributed by atoms with Crippen LogP contribution in [0, 0.1) is 6.92 Å². The van der Waals surface area contributed by atoms with Crippen molar-refractivity contribution in [3.63, 3.8) is 0 Å². The number of ether oxygens (including phenoxy) is 1. The SMILES string of the molecule is COc1ccc(-n2c(SCC(=O)Nc3ccccc3C)nnc2-c2ccncc2)cc1. The van der Waals surface area contributed by atoms with E-state index < -0.39 is 0 Å². The van der Waals surface area contributed by atoms with Gasteiger partial charge in [-0.2, -0.15) is 0 Å². The summed E-state index contributed by atoms with van der Waals surface area (Å²) in [6.45, 7) is 1.96. The molecule has 1 amide bonds. The Morgan fingerprint density at radius 3 is 2.48 bits per heavy atom. The molecule has 0 aliphatic carbocycles. The van der Waals surface area contributed by atoms with Gasteiger partial charge in [-0.1, -0.05) is 30.0 Å². The van der Waals surface area contributed by atoms with Gasteiger partial charge < -0.3 is 10.1 Å². The van der Waals surface area contributed by atoms with Crippen molar-refractivity contribution in [2.75, 3.05) is 18.2 Å². The number of pyridine rings is 1. The molecular formula is C23H21N5O2S. The van der Waals surface area contributed by atoms with Gasteiger partial charge in [-0.3, -0.25) is 14.3 Å². The average Bonchev–Trinajstić information content (AvgIpc) is 3.24. The number of methoxy groups -OCH3 is 1. The molecule has 0 saturated carbocycles. The zero-order valence-corrected chi connectivity index (χ0v) is 18.0. The molecule has 1 N–H and O–H groups in total. The number of carbonyl (C=O) groups excluding carboxylic acids is 1. The summed E-state index contributed by atoms with van der Waals surface area (Å²) >= 11 is 1.33. The third kappa shape index (κ3) is 4.75. The van der Waals surface area contributed by atoms with Crippen LogP contribution in [0.1, 0.15) is 5.56 Å². The molecule has 4 rings (SSSR count). The molecule has 0 bridgehead atoms. The Labute approximate surface area is 184 Å². The maximum atomic E-state index is 12.5. The van der Waals surface area contributed by atoms with Gasteiger partial charge in [0, 0.05) is 29.3 Å². The van der Waals surface area contributed by atoms with Crippen LogP contribution < -0.4 is 10.1 Å². The Kier molecular flexibility index (Phi) is 6.28. The van der Waals surface area contributed by atoms with Crippen molar-refractivity contribution in [2.45, 2.75) is 12.1 Å². The first-order valence-electron chi connectivity index (χ1n) is 9.64. The smallest absolute Gasteiger partial charge is 0.234 e. The van der Waals surface area contributed by atoms with E-state index in [9.17, 15) is 4.79 Å². The maximum absolute atomic E-state index is 12.5. The molecule has 0 aliphatic heterocycles. The summed E-state index contributed by atoms with van der Waals surface area (Å²) in [7, 11) is 1.63. The number of rotatable bonds is 7. The molecule has 0 fully saturated rings. The summed E-state index contributed by atoms with van der Waals surface area (Å²) in [5, 5.41) is 12.3. The number of anilines is 1. The van der Waals surface area contributed by atoms with E-state index in [-0.39, 0.29) is 11.7 Å². The molecule has 156 valence electrons. The lowest BCUT2D eigenvalue weighted by Gasteiger charge is -2.11. The van der Waals surface area contributed by atoms with Crippen molar-refractivity contribution < 1.29 is 9.53 Å². The first-order valence-corrected chi connectivity index (χ1v) is 10.6. The molecule has 8 heteroatoms. The van der Waals surface area contributed by atoms with Crippen molar-refractivity contribution in [1.82, 2.24) is 19.7 Å². The summed E-state index contributed by atoms with van der Waals surface area (Å²) in [6.07, 6.45) is 3.43. The zero-order valence-electron chi connectivity index (χ0n) is 17.1. The zero-order chi connectivity index (χ0) is 21.6. The van der Waals surface area contributed by atoms with Gasteiger partial charge in [0.1, 0.15) is 5.75 Å². The fraction of sp³-hybridized carbons (Fsp3) is 0.130. The number of amides is 1. The molecule has 2 aromatic heterocycles. The van der Waals surface area contributed by atoms with Crippen LogP contribution in [0.3, 0.4) is 0 Å². The molecule has 0 atom stereocenters. The molecular weight excluding hydrogens is 410 g/mol. The lowest BCUT2D eigenvalue weighted by atomic mass is 10.2. The van der Waals surface area contributed by atoms with Crippen LogP contribution in [0.4, 0.5) is 5.69 Å². The standard InChI is InChI=1S/C23H21N5O2S/c1-16-5-3-4-6-20(16)25-21(29)15-31-23-27-26-22(17-11-13-24-14-12-17)28(23)18-7-9-19(30-2)10-8-18/h3-14H,15H2,1-2H3,(H,25,29). The predicted molar refractivity (Wildman–Crippen MR) is 122 cm³/mol. The van der Waals surface area contributed by atoms with Crippen LogP contribution in [0.25, 0.3) is 17.1 Å². The number of benzene rings is 2. The summed E-state index contributed by atoms with van der Waals surface area (Å²) in [4.78, 5) is 16.6. The van der Waals surface area contributed by atoms with E-state index in [0.717, 1.165) is 28.3 Å². The second-order valence-electron chi connectivity index (χ2n) is 6.73. The lowest BCUT2D eigenvalue weighted by Crippen LogP contribution is -2.15. The fourth-order valence-electron chi connectivity index (χ4n) is 3.04. The first kappa shape index (κ1) is 20.6. The molecule has 31 heavy (non-hydrogen) atoms.